The fourth-order valence-corrected chi connectivity index (χ4v) is 4.16. The number of fused-ring (bicyclic) bond motifs is 1. The maximum Gasteiger partial charge on any atom is 0.256 e. The molecule has 4 rings (SSSR count). The van der Waals surface area contributed by atoms with Gasteiger partial charge in [-0.2, -0.15) is 0 Å². The van der Waals surface area contributed by atoms with Crippen molar-refractivity contribution >= 4 is 11.8 Å². The number of aromatic amines is 1. The molecule has 152 valence electrons. The molecule has 2 aliphatic heterocycles. The van der Waals surface area contributed by atoms with Crippen molar-refractivity contribution in [1.29, 1.82) is 0 Å². The number of carbonyl (C=O) groups excluding carboxylic acids is 2. The number of likely N-dealkylation sites (tertiary alicyclic amines) is 1. The first-order valence-electron chi connectivity index (χ1n) is 10.2. The topological polar surface area (TPSA) is 99.3 Å². The van der Waals surface area contributed by atoms with Crippen LogP contribution in [0.15, 0.2) is 29.3 Å². The lowest BCUT2D eigenvalue weighted by molar-refractivity contribution is -0.134. The lowest BCUT2D eigenvalue weighted by atomic mass is 9.99. The average molecular weight is 395 g/mol. The normalized spacial score (nSPS) is 19.0. The summed E-state index contributed by atoms with van der Waals surface area (Å²) in [7, 11) is 0. The standard InChI is InChI=1S/C21H25N5O3/c1-2-18(27)26-10-4-3-7-17(26)19-23-16-8-11-25(13-15(16)20(28)24-19)21(29)14-6-5-9-22-12-14/h5-6,9,12,17H,2-4,7-8,10-11,13H2,1H3,(H,23,24,28)/t17-/m0/s1. The second kappa shape index (κ2) is 8.14. The molecule has 0 unspecified atom stereocenters. The molecule has 2 aromatic rings. The Hall–Kier alpha value is -3.03. The van der Waals surface area contributed by atoms with Crippen LogP contribution in [0.1, 0.15) is 66.1 Å². The number of hydrogen-bond donors (Lipinski definition) is 1. The summed E-state index contributed by atoms with van der Waals surface area (Å²) in [6.07, 6.45) is 6.90. The number of amides is 2. The third kappa shape index (κ3) is 3.79. The molecule has 0 saturated carbocycles. The van der Waals surface area contributed by atoms with Gasteiger partial charge in [0.2, 0.25) is 5.91 Å². The van der Waals surface area contributed by atoms with Gasteiger partial charge in [0, 0.05) is 38.3 Å². The number of carbonyl (C=O) groups is 2. The first kappa shape index (κ1) is 19.3. The molecule has 2 amide bonds. The predicted octanol–water partition coefficient (Wildman–Crippen LogP) is 1.83. The second-order valence-corrected chi connectivity index (χ2v) is 7.55. The van der Waals surface area contributed by atoms with Crippen LogP contribution in [0.4, 0.5) is 0 Å². The molecule has 29 heavy (non-hydrogen) atoms. The smallest absolute Gasteiger partial charge is 0.256 e. The van der Waals surface area contributed by atoms with Crippen LogP contribution in [-0.2, 0) is 17.8 Å². The lowest BCUT2D eigenvalue weighted by Gasteiger charge is -2.35. The Morgan fingerprint density at radius 2 is 2.14 bits per heavy atom. The number of nitrogens with one attached hydrogen (secondary N) is 1. The Bertz CT molecular complexity index is 972. The highest BCUT2D eigenvalue weighted by atomic mass is 16.2. The fourth-order valence-electron chi connectivity index (χ4n) is 4.16. The van der Waals surface area contributed by atoms with E-state index < -0.39 is 0 Å². The highest BCUT2D eigenvalue weighted by Gasteiger charge is 2.31. The van der Waals surface area contributed by atoms with Crippen molar-refractivity contribution in [3.05, 3.63) is 57.5 Å². The minimum Gasteiger partial charge on any atom is -0.334 e. The van der Waals surface area contributed by atoms with E-state index in [4.69, 9.17) is 4.98 Å². The summed E-state index contributed by atoms with van der Waals surface area (Å²) < 4.78 is 0. The van der Waals surface area contributed by atoms with Crippen molar-refractivity contribution in [2.24, 2.45) is 0 Å². The van der Waals surface area contributed by atoms with Crippen molar-refractivity contribution in [2.45, 2.75) is 51.6 Å². The molecular formula is C21H25N5O3. The van der Waals surface area contributed by atoms with Crippen molar-refractivity contribution in [2.75, 3.05) is 13.1 Å². The Morgan fingerprint density at radius 3 is 2.90 bits per heavy atom. The van der Waals surface area contributed by atoms with E-state index in [0.29, 0.717) is 42.9 Å². The molecular weight excluding hydrogens is 370 g/mol. The first-order valence-corrected chi connectivity index (χ1v) is 10.2. The summed E-state index contributed by atoms with van der Waals surface area (Å²) >= 11 is 0. The van der Waals surface area contributed by atoms with Crippen LogP contribution in [0.5, 0.6) is 0 Å². The van der Waals surface area contributed by atoms with E-state index in [0.717, 1.165) is 25.0 Å². The summed E-state index contributed by atoms with van der Waals surface area (Å²) in [5.41, 5.74) is 1.55. The molecule has 1 saturated heterocycles. The van der Waals surface area contributed by atoms with Crippen LogP contribution in [-0.4, -0.2) is 49.7 Å². The van der Waals surface area contributed by atoms with Crippen LogP contribution in [0.25, 0.3) is 0 Å². The van der Waals surface area contributed by atoms with Gasteiger partial charge in [-0.3, -0.25) is 19.4 Å². The number of hydrogen-bond acceptors (Lipinski definition) is 5. The molecule has 8 nitrogen and oxygen atoms in total. The lowest BCUT2D eigenvalue weighted by Crippen LogP contribution is -2.42. The van der Waals surface area contributed by atoms with Gasteiger partial charge in [-0.1, -0.05) is 6.92 Å². The summed E-state index contributed by atoms with van der Waals surface area (Å²) in [5.74, 6) is 0.518. The van der Waals surface area contributed by atoms with E-state index in [2.05, 4.69) is 9.97 Å². The van der Waals surface area contributed by atoms with E-state index in [1.54, 1.807) is 23.2 Å². The molecule has 2 aliphatic rings. The Kier molecular flexibility index (Phi) is 5.42. The number of rotatable bonds is 3. The Morgan fingerprint density at radius 1 is 1.28 bits per heavy atom. The zero-order valence-electron chi connectivity index (χ0n) is 16.6. The van der Waals surface area contributed by atoms with Gasteiger partial charge in [-0.25, -0.2) is 4.98 Å². The molecule has 2 aromatic heterocycles. The molecule has 0 spiro atoms. The third-order valence-electron chi connectivity index (χ3n) is 5.72. The van der Waals surface area contributed by atoms with E-state index in [1.165, 1.54) is 6.20 Å². The summed E-state index contributed by atoms with van der Waals surface area (Å²) in [4.78, 5) is 53.0. The van der Waals surface area contributed by atoms with Gasteiger partial charge in [0.1, 0.15) is 5.82 Å². The minimum absolute atomic E-state index is 0.0864. The highest BCUT2D eigenvalue weighted by Crippen LogP contribution is 2.29. The fraction of sp³-hybridized carbons (Fsp3) is 0.476. The largest absolute Gasteiger partial charge is 0.334 e. The van der Waals surface area contributed by atoms with Crippen molar-refractivity contribution in [1.82, 2.24) is 24.8 Å². The summed E-state index contributed by atoms with van der Waals surface area (Å²) in [6, 6.07) is 3.27. The van der Waals surface area contributed by atoms with Crippen LogP contribution >= 0.6 is 0 Å². The van der Waals surface area contributed by atoms with Gasteiger partial charge in [-0.05, 0) is 31.4 Å². The molecule has 1 fully saturated rings. The number of nitrogens with zero attached hydrogens (tertiary/aromatic N) is 4. The second-order valence-electron chi connectivity index (χ2n) is 7.55. The van der Waals surface area contributed by atoms with Gasteiger partial charge in [0.05, 0.1) is 29.4 Å². The summed E-state index contributed by atoms with van der Waals surface area (Å²) in [6.45, 7) is 3.28. The van der Waals surface area contributed by atoms with Crippen LogP contribution < -0.4 is 5.56 Å². The molecule has 0 radical (unpaired) electrons. The van der Waals surface area contributed by atoms with Gasteiger partial charge >= 0.3 is 0 Å². The molecule has 8 heteroatoms. The van der Waals surface area contributed by atoms with E-state index in [9.17, 15) is 14.4 Å². The van der Waals surface area contributed by atoms with E-state index in [-0.39, 0.29) is 30.0 Å². The molecule has 1 N–H and O–H groups in total. The maximum absolute atomic E-state index is 12.8. The van der Waals surface area contributed by atoms with E-state index in [1.807, 2.05) is 11.8 Å². The number of pyridine rings is 1. The van der Waals surface area contributed by atoms with Crippen molar-refractivity contribution in [3.8, 4) is 0 Å². The predicted molar refractivity (Wildman–Crippen MR) is 106 cm³/mol. The molecule has 0 aromatic carbocycles. The maximum atomic E-state index is 12.8. The van der Waals surface area contributed by atoms with Crippen LogP contribution in [0.2, 0.25) is 0 Å². The van der Waals surface area contributed by atoms with Gasteiger partial charge in [-0.15, -0.1) is 0 Å². The molecule has 0 bridgehead atoms. The van der Waals surface area contributed by atoms with Gasteiger partial charge < -0.3 is 14.8 Å². The number of piperidine rings is 1. The van der Waals surface area contributed by atoms with Gasteiger partial charge in [0.25, 0.3) is 11.5 Å². The van der Waals surface area contributed by atoms with Crippen LogP contribution in [0.3, 0.4) is 0 Å². The SMILES string of the molecule is CCC(=O)N1CCCC[C@H]1c1nc2c(c(=O)[nH]1)CN(C(=O)c1cccnc1)CC2. The van der Waals surface area contributed by atoms with Gasteiger partial charge in [0.15, 0.2) is 0 Å². The quantitative estimate of drug-likeness (QED) is 0.855. The number of H-pyrrole nitrogens is 1. The Balaban J connectivity index is 1.59. The highest BCUT2D eigenvalue weighted by molar-refractivity contribution is 5.94. The zero-order valence-corrected chi connectivity index (χ0v) is 16.6. The van der Waals surface area contributed by atoms with E-state index >= 15 is 0 Å². The third-order valence-corrected chi connectivity index (χ3v) is 5.72. The first-order chi connectivity index (χ1) is 14.1. The zero-order chi connectivity index (χ0) is 20.4. The molecule has 0 aliphatic carbocycles. The molecule has 4 heterocycles. The monoisotopic (exact) mass is 395 g/mol. The summed E-state index contributed by atoms with van der Waals surface area (Å²) in [5, 5.41) is 0. The van der Waals surface area contributed by atoms with Crippen molar-refractivity contribution < 1.29 is 9.59 Å². The Labute approximate surface area is 169 Å². The van der Waals surface area contributed by atoms with Crippen LogP contribution in [0, 0.1) is 0 Å². The number of aromatic nitrogens is 3. The minimum atomic E-state index is -0.219. The average Bonchev–Trinajstić information content (AvgIpc) is 2.78. The van der Waals surface area contributed by atoms with Crippen molar-refractivity contribution in [3.63, 3.8) is 0 Å². The molecule has 1 atom stereocenters.